The molecule has 0 saturated carbocycles. The minimum Gasteiger partial charge on any atom is -0.495 e. The second-order valence-electron chi connectivity index (χ2n) is 8.48. The molecule has 0 atom stereocenters. The van der Waals surface area contributed by atoms with E-state index in [2.05, 4.69) is 28.4 Å². The maximum Gasteiger partial charge on any atom is 0.258 e. The Balaban J connectivity index is 1.52. The predicted octanol–water partition coefficient (Wildman–Crippen LogP) is 4.21. The third kappa shape index (κ3) is 5.16. The van der Waals surface area contributed by atoms with Crippen molar-refractivity contribution in [1.29, 1.82) is 0 Å². The molecule has 1 heterocycles. The Morgan fingerprint density at radius 3 is 2.40 bits per heavy atom. The van der Waals surface area contributed by atoms with Gasteiger partial charge in [0.15, 0.2) is 0 Å². The molecule has 1 fully saturated rings. The second-order valence-corrected chi connectivity index (χ2v) is 10.4. The van der Waals surface area contributed by atoms with Crippen molar-refractivity contribution in [3.8, 4) is 5.75 Å². The normalized spacial score (nSPS) is 14.6. The highest BCUT2D eigenvalue weighted by Gasteiger charge is 2.30. The number of para-hydroxylation sites is 2. The Bertz CT molecular complexity index is 1350. The van der Waals surface area contributed by atoms with Crippen LogP contribution in [-0.4, -0.2) is 51.9 Å². The average Bonchev–Trinajstić information content (AvgIpc) is 2.86. The molecule has 1 saturated heterocycles. The highest BCUT2D eigenvalue weighted by Crippen LogP contribution is 2.27. The fourth-order valence-electron chi connectivity index (χ4n) is 4.15. The zero-order valence-corrected chi connectivity index (χ0v) is 20.7. The van der Waals surface area contributed by atoms with Crippen molar-refractivity contribution < 1.29 is 22.3 Å². The molecular formula is C26H28FN3O4S. The van der Waals surface area contributed by atoms with E-state index in [-0.39, 0.29) is 23.5 Å². The van der Waals surface area contributed by atoms with Crippen LogP contribution in [0.15, 0.2) is 65.6 Å². The van der Waals surface area contributed by atoms with Crippen LogP contribution in [0.5, 0.6) is 5.75 Å². The number of amides is 1. The molecule has 0 radical (unpaired) electrons. The van der Waals surface area contributed by atoms with Crippen LogP contribution < -0.4 is 15.0 Å². The molecule has 0 bridgehead atoms. The summed E-state index contributed by atoms with van der Waals surface area (Å²) in [6.45, 7) is 5.71. The summed E-state index contributed by atoms with van der Waals surface area (Å²) in [5, 5.41) is 2.59. The van der Waals surface area contributed by atoms with Gasteiger partial charge in [-0.15, -0.1) is 0 Å². The Morgan fingerprint density at radius 1 is 0.971 bits per heavy atom. The summed E-state index contributed by atoms with van der Waals surface area (Å²) in [4.78, 5) is 14.8. The molecule has 35 heavy (non-hydrogen) atoms. The molecule has 4 rings (SSSR count). The monoisotopic (exact) mass is 497 g/mol. The topological polar surface area (TPSA) is 78.9 Å². The molecule has 0 aliphatic carbocycles. The number of hydrogen-bond donors (Lipinski definition) is 1. The van der Waals surface area contributed by atoms with Crippen molar-refractivity contribution in [2.24, 2.45) is 0 Å². The summed E-state index contributed by atoms with van der Waals surface area (Å²) < 4.78 is 47.8. The van der Waals surface area contributed by atoms with Gasteiger partial charge in [0.05, 0.1) is 23.3 Å². The van der Waals surface area contributed by atoms with E-state index in [1.807, 2.05) is 13.8 Å². The number of methoxy groups -OCH3 is 1. The quantitative estimate of drug-likeness (QED) is 0.552. The molecule has 1 aliphatic heterocycles. The van der Waals surface area contributed by atoms with Crippen molar-refractivity contribution in [2.45, 2.75) is 18.7 Å². The van der Waals surface area contributed by atoms with Crippen LogP contribution in [0.3, 0.4) is 0 Å². The Labute approximate surface area is 205 Å². The number of benzene rings is 3. The molecule has 9 heteroatoms. The minimum absolute atomic E-state index is 0.121. The molecule has 1 N–H and O–H groups in total. The number of aryl methyl sites for hydroxylation is 2. The number of nitrogens with one attached hydrogen (secondary N) is 1. The van der Waals surface area contributed by atoms with E-state index in [1.54, 1.807) is 24.3 Å². The van der Waals surface area contributed by atoms with Crippen LogP contribution in [-0.2, 0) is 10.0 Å². The molecule has 184 valence electrons. The molecule has 3 aromatic carbocycles. The number of halogens is 1. The fourth-order valence-corrected chi connectivity index (χ4v) is 5.60. The van der Waals surface area contributed by atoms with Crippen molar-refractivity contribution >= 4 is 27.3 Å². The zero-order valence-electron chi connectivity index (χ0n) is 19.9. The van der Waals surface area contributed by atoms with Gasteiger partial charge in [-0.1, -0.05) is 24.3 Å². The van der Waals surface area contributed by atoms with Crippen LogP contribution in [0.25, 0.3) is 0 Å². The van der Waals surface area contributed by atoms with E-state index in [0.717, 1.165) is 28.9 Å². The summed E-state index contributed by atoms with van der Waals surface area (Å²) in [7, 11) is -2.45. The predicted molar refractivity (Wildman–Crippen MR) is 134 cm³/mol. The lowest BCUT2D eigenvalue weighted by Crippen LogP contribution is -2.48. The molecule has 0 unspecified atom stereocenters. The van der Waals surface area contributed by atoms with Crippen LogP contribution in [0.2, 0.25) is 0 Å². The lowest BCUT2D eigenvalue weighted by molar-refractivity contribution is 0.102. The number of hydrogen-bond acceptors (Lipinski definition) is 5. The summed E-state index contributed by atoms with van der Waals surface area (Å²) >= 11 is 0. The lowest BCUT2D eigenvalue weighted by Gasteiger charge is -2.36. The van der Waals surface area contributed by atoms with Crippen molar-refractivity contribution in [1.82, 2.24) is 4.31 Å². The lowest BCUT2D eigenvalue weighted by atomic mass is 10.1. The molecule has 7 nitrogen and oxygen atoms in total. The smallest absolute Gasteiger partial charge is 0.258 e. The number of nitrogens with zero attached hydrogens (tertiary/aromatic N) is 2. The number of rotatable bonds is 6. The number of carbonyl (C=O) groups is 1. The highest BCUT2D eigenvalue weighted by atomic mass is 32.2. The van der Waals surface area contributed by atoms with E-state index in [9.17, 15) is 17.6 Å². The van der Waals surface area contributed by atoms with E-state index in [1.165, 1.54) is 17.5 Å². The SMILES string of the molecule is COc1ccccc1NC(=O)c1cc(S(=O)(=O)N2CCN(c3cc(C)ccc3C)CC2)ccc1F. The summed E-state index contributed by atoms with van der Waals surface area (Å²) in [6.07, 6.45) is 0. The largest absolute Gasteiger partial charge is 0.495 e. The maximum absolute atomic E-state index is 14.5. The first kappa shape index (κ1) is 24.7. The Morgan fingerprint density at radius 2 is 1.69 bits per heavy atom. The first-order valence-electron chi connectivity index (χ1n) is 11.3. The number of piperazine rings is 1. The first-order chi connectivity index (χ1) is 16.7. The van der Waals surface area contributed by atoms with Gasteiger partial charge < -0.3 is 15.0 Å². The van der Waals surface area contributed by atoms with Crippen molar-refractivity contribution in [3.63, 3.8) is 0 Å². The molecule has 1 amide bonds. The van der Waals surface area contributed by atoms with Gasteiger partial charge in [0.25, 0.3) is 5.91 Å². The van der Waals surface area contributed by atoms with E-state index in [0.29, 0.717) is 24.5 Å². The standard InChI is InChI=1S/C26H28FN3O4S/c1-18-8-9-19(2)24(16-18)29-12-14-30(15-13-29)35(32,33)20-10-11-22(27)21(17-20)26(31)28-23-6-4-5-7-25(23)34-3/h4-11,16-17H,12-15H2,1-3H3,(H,28,31). The third-order valence-electron chi connectivity index (χ3n) is 6.12. The van der Waals surface area contributed by atoms with Crippen LogP contribution >= 0.6 is 0 Å². The second kappa shape index (κ2) is 10.1. The van der Waals surface area contributed by atoms with Crippen LogP contribution in [0.4, 0.5) is 15.8 Å². The summed E-state index contributed by atoms with van der Waals surface area (Å²) in [5.41, 5.74) is 3.38. The van der Waals surface area contributed by atoms with E-state index >= 15 is 0 Å². The van der Waals surface area contributed by atoms with Crippen LogP contribution in [0.1, 0.15) is 21.5 Å². The summed E-state index contributed by atoms with van der Waals surface area (Å²) in [5.74, 6) is -1.16. The zero-order chi connectivity index (χ0) is 25.2. The Hall–Kier alpha value is -3.43. The highest BCUT2D eigenvalue weighted by molar-refractivity contribution is 7.89. The average molecular weight is 498 g/mol. The van der Waals surface area contributed by atoms with Gasteiger partial charge in [-0.05, 0) is 61.4 Å². The Kier molecular flexibility index (Phi) is 7.09. The van der Waals surface area contributed by atoms with Gasteiger partial charge >= 0.3 is 0 Å². The molecule has 1 aliphatic rings. The first-order valence-corrected chi connectivity index (χ1v) is 12.7. The fraction of sp³-hybridized carbons (Fsp3) is 0.269. The third-order valence-corrected chi connectivity index (χ3v) is 8.01. The number of carbonyl (C=O) groups excluding carboxylic acids is 1. The van der Waals surface area contributed by atoms with Crippen molar-refractivity contribution in [2.75, 3.05) is 43.5 Å². The number of anilines is 2. The van der Waals surface area contributed by atoms with Gasteiger partial charge in [-0.25, -0.2) is 12.8 Å². The van der Waals surface area contributed by atoms with Gasteiger partial charge in [0, 0.05) is 31.9 Å². The van der Waals surface area contributed by atoms with Crippen molar-refractivity contribution in [3.05, 3.63) is 83.2 Å². The molecular weight excluding hydrogens is 469 g/mol. The number of ether oxygens (including phenoxy) is 1. The molecule has 0 aromatic heterocycles. The molecule has 0 spiro atoms. The number of sulfonamides is 1. The van der Waals surface area contributed by atoms with Crippen LogP contribution in [0, 0.1) is 19.7 Å². The van der Waals surface area contributed by atoms with E-state index < -0.39 is 21.7 Å². The molecule has 3 aromatic rings. The van der Waals surface area contributed by atoms with Gasteiger partial charge in [0.2, 0.25) is 10.0 Å². The van der Waals surface area contributed by atoms with Gasteiger partial charge in [0.1, 0.15) is 11.6 Å². The van der Waals surface area contributed by atoms with Gasteiger partial charge in [-0.2, -0.15) is 4.31 Å². The minimum atomic E-state index is -3.91. The maximum atomic E-state index is 14.5. The summed E-state index contributed by atoms with van der Waals surface area (Å²) in [6, 6.07) is 16.2. The van der Waals surface area contributed by atoms with E-state index in [4.69, 9.17) is 4.74 Å². The van der Waals surface area contributed by atoms with Gasteiger partial charge in [-0.3, -0.25) is 4.79 Å².